The van der Waals surface area contributed by atoms with Crippen LogP contribution in [0.15, 0.2) is 24.3 Å². The van der Waals surface area contributed by atoms with Crippen molar-refractivity contribution in [2.75, 3.05) is 95.0 Å². The highest BCUT2D eigenvalue weighted by atomic mass is 31.2. The number of phosphoric ester groups is 2. The molecule has 604 valence electrons. The zero-order chi connectivity index (χ0) is 75.8. The molecule has 0 spiro atoms. The van der Waals surface area contributed by atoms with Gasteiger partial charge in [0.1, 0.15) is 39.5 Å². The largest absolute Gasteiger partial charge is 0.756 e. The molecule has 4 atom stereocenters. The van der Waals surface area contributed by atoms with E-state index in [1.165, 1.54) is 244 Å². The van der Waals surface area contributed by atoms with E-state index in [0.29, 0.717) is 34.9 Å². The second-order valence-electron chi connectivity index (χ2n) is 30.7. The maximum Gasteiger partial charge on any atom is 0.306 e. The fourth-order valence-electron chi connectivity index (χ4n) is 11.5. The number of hydrogen-bond acceptors (Lipinski definition) is 16. The molecule has 0 fully saturated rings. The standard InChI is InChI=1S/2C41H80NO8P/c1-6-8-10-12-14-16-18-20-21-22-24-26-28-30-32-34-41(44)50-39(38-49-51(45,46)48-36-35-42(3,4)5)37-47-40(43)33-31-29-27-25-23-19-17-15-13-11-9-7-2;1-6-8-10-12-14-16-18-20-22-24-26-28-30-32-34-41(44)50-39(38-49-51(45,46)48-36-35-42(3,4)5)37-47-40(43)33-31-29-27-25-23-21-19-17-15-13-11-9-7-2/h2*28,30,39H,6-27,29,31-38H2,1-5H3/b2*30-28-. The molecule has 18 nitrogen and oxygen atoms in total. The van der Waals surface area contributed by atoms with Gasteiger partial charge in [-0.25, -0.2) is 0 Å². The summed E-state index contributed by atoms with van der Waals surface area (Å²) >= 11 is 0. The van der Waals surface area contributed by atoms with Crippen molar-refractivity contribution in [2.45, 2.75) is 387 Å². The van der Waals surface area contributed by atoms with Gasteiger partial charge in [0.05, 0.1) is 55.5 Å². The van der Waals surface area contributed by atoms with Gasteiger partial charge in [0.2, 0.25) is 0 Å². The summed E-state index contributed by atoms with van der Waals surface area (Å²) < 4.78 is 67.5. The quantitative estimate of drug-likeness (QED) is 0.0138. The first-order valence-electron chi connectivity index (χ1n) is 41.8. The molecule has 4 unspecified atom stereocenters. The first-order valence-corrected chi connectivity index (χ1v) is 44.7. The first kappa shape index (κ1) is 102. The normalized spacial score (nSPS) is 13.8. The molecule has 0 rings (SSSR count). The van der Waals surface area contributed by atoms with Gasteiger partial charge in [-0.3, -0.25) is 28.3 Å². The zero-order valence-electron chi connectivity index (χ0n) is 67.6. The lowest BCUT2D eigenvalue weighted by molar-refractivity contribution is -0.870. The van der Waals surface area contributed by atoms with E-state index in [1.54, 1.807) is 0 Å². The Hall–Kier alpha value is -2.50. The van der Waals surface area contributed by atoms with Crippen LogP contribution in [0.5, 0.6) is 0 Å². The van der Waals surface area contributed by atoms with Gasteiger partial charge in [-0.1, -0.05) is 322 Å². The lowest BCUT2D eigenvalue weighted by atomic mass is 10.0. The van der Waals surface area contributed by atoms with E-state index in [-0.39, 0.29) is 52.1 Å². The maximum absolute atomic E-state index is 12.6. The molecule has 0 aromatic carbocycles. The molecule has 0 N–H and O–H groups in total. The number of unbranched alkanes of at least 4 members (excludes halogenated alkanes) is 44. The van der Waals surface area contributed by atoms with Crippen molar-refractivity contribution in [1.82, 2.24) is 0 Å². The third kappa shape index (κ3) is 81.6. The van der Waals surface area contributed by atoms with Crippen LogP contribution in [0.2, 0.25) is 0 Å². The number of allylic oxidation sites excluding steroid dienone is 4. The molecule has 0 aliphatic heterocycles. The van der Waals surface area contributed by atoms with Gasteiger partial charge < -0.3 is 55.8 Å². The highest BCUT2D eigenvalue weighted by Gasteiger charge is 2.24. The topological polar surface area (TPSA) is 222 Å². The fourth-order valence-corrected chi connectivity index (χ4v) is 12.9. The number of nitrogens with zero attached hydrogens (tertiary/aromatic N) is 2. The number of hydrogen-bond donors (Lipinski definition) is 0. The van der Waals surface area contributed by atoms with Gasteiger partial charge in [-0.15, -0.1) is 0 Å². The van der Waals surface area contributed by atoms with Gasteiger partial charge in [0.15, 0.2) is 12.2 Å². The van der Waals surface area contributed by atoms with Crippen molar-refractivity contribution >= 4 is 39.5 Å². The Balaban J connectivity index is 0. The second kappa shape index (κ2) is 72.7. The van der Waals surface area contributed by atoms with Crippen LogP contribution in [0.3, 0.4) is 0 Å². The lowest BCUT2D eigenvalue weighted by Gasteiger charge is -2.28. The van der Waals surface area contributed by atoms with Crippen molar-refractivity contribution < 1.29 is 84.1 Å². The molecule has 0 radical (unpaired) electrons. The summed E-state index contributed by atoms with van der Waals surface area (Å²) in [6.45, 7) is 8.38. The van der Waals surface area contributed by atoms with E-state index in [1.807, 2.05) is 54.4 Å². The molecule has 0 aliphatic rings. The highest BCUT2D eigenvalue weighted by molar-refractivity contribution is 7.46. The number of carbonyl (C=O) groups is 4. The molecule has 102 heavy (non-hydrogen) atoms. The van der Waals surface area contributed by atoms with Crippen molar-refractivity contribution in [3.8, 4) is 0 Å². The number of phosphoric acid groups is 2. The average molecular weight is 1490 g/mol. The minimum absolute atomic E-state index is 0.0334. The van der Waals surface area contributed by atoms with Crippen LogP contribution in [-0.2, 0) is 65.4 Å². The van der Waals surface area contributed by atoms with E-state index in [4.69, 9.17) is 37.0 Å². The molecule has 0 amide bonds. The summed E-state index contributed by atoms with van der Waals surface area (Å²) in [6, 6.07) is 0. The van der Waals surface area contributed by atoms with Crippen molar-refractivity contribution in [1.29, 1.82) is 0 Å². The maximum atomic E-state index is 12.6. The van der Waals surface area contributed by atoms with Crippen LogP contribution in [0.4, 0.5) is 0 Å². The van der Waals surface area contributed by atoms with Crippen molar-refractivity contribution in [2.24, 2.45) is 0 Å². The van der Waals surface area contributed by atoms with Gasteiger partial charge in [0.25, 0.3) is 15.6 Å². The predicted molar refractivity (Wildman–Crippen MR) is 417 cm³/mol. The molecule has 0 aromatic heterocycles. The molecule has 20 heteroatoms. The zero-order valence-corrected chi connectivity index (χ0v) is 69.4. The van der Waals surface area contributed by atoms with Crippen molar-refractivity contribution in [3.05, 3.63) is 24.3 Å². The Kier molecular flexibility index (Phi) is 72.4. The Bertz CT molecular complexity index is 2070. The first-order chi connectivity index (χ1) is 49.0. The molecule has 0 saturated carbocycles. The van der Waals surface area contributed by atoms with Gasteiger partial charge >= 0.3 is 23.9 Å². The summed E-state index contributed by atoms with van der Waals surface area (Å²) in [5.41, 5.74) is 0. The Morgan fingerprint density at radius 3 is 0.765 bits per heavy atom. The summed E-state index contributed by atoms with van der Waals surface area (Å²) in [5.74, 6) is -1.77. The van der Waals surface area contributed by atoms with Gasteiger partial charge in [-0.05, 0) is 51.4 Å². The van der Waals surface area contributed by atoms with Crippen LogP contribution >= 0.6 is 15.6 Å². The number of carbonyl (C=O) groups excluding carboxylic acids is 4. The van der Waals surface area contributed by atoms with Gasteiger partial charge in [-0.2, -0.15) is 0 Å². The minimum Gasteiger partial charge on any atom is -0.756 e. The molecule has 0 aliphatic carbocycles. The van der Waals surface area contributed by atoms with E-state index >= 15 is 0 Å². The third-order valence-corrected chi connectivity index (χ3v) is 20.0. The monoisotopic (exact) mass is 1490 g/mol. The second-order valence-corrected chi connectivity index (χ2v) is 33.5. The predicted octanol–water partition coefficient (Wildman–Crippen LogP) is 21.6. The van der Waals surface area contributed by atoms with Crippen LogP contribution in [0, 0.1) is 0 Å². The Morgan fingerprint density at radius 2 is 0.520 bits per heavy atom. The SMILES string of the molecule is CCCCCCCCCCCC/C=C\CCC(=O)OC(COC(=O)CCCCCCCCCCCCCCC)COP(=O)([O-])OCC[N+](C)(C)C.CCCCCCCCCCCCC/C=C\CCC(=O)OC(COC(=O)CCCCCCCCCCCCCC)COP(=O)([O-])OCC[N+](C)(C)C. The molecule has 0 bridgehead atoms. The van der Waals surface area contributed by atoms with Crippen molar-refractivity contribution in [3.63, 3.8) is 0 Å². The lowest BCUT2D eigenvalue weighted by Crippen LogP contribution is -2.37. The van der Waals surface area contributed by atoms with E-state index < -0.39 is 64.9 Å². The summed E-state index contributed by atoms with van der Waals surface area (Å²) in [4.78, 5) is 74.7. The van der Waals surface area contributed by atoms with Crippen LogP contribution in [0.1, 0.15) is 374 Å². The Labute approximate surface area is 626 Å². The van der Waals surface area contributed by atoms with Crippen LogP contribution in [0.25, 0.3) is 0 Å². The third-order valence-electron chi connectivity index (χ3n) is 18.1. The summed E-state index contributed by atoms with van der Waals surface area (Å²) in [6.07, 6.45) is 67.8. The molecule has 0 heterocycles. The number of likely N-dealkylation sites (N-methyl/N-ethyl adjacent to an activating group) is 2. The van der Waals surface area contributed by atoms with E-state index in [9.17, 15) is 38.1 Å². The highest BCUT2D eigenvalue weighted by Crippen LogP contribution is 2.39. The average Bonchev–Trinajstić information content (AvgIpc) is 0.918. The molecular formula is C82H160N2O16P2. The van der Waals surface area contributed by atoms with E-state index in [0.717, 1.165) is 64.2 Å². The van der Waals surface area contributed by atoms with Crippen LogP contribution < -0.4 is 9.79 Å². The number of quaternary nitrogens is 2. The number of rotatable bonds is 76. The van der Waals surface area contributed by atoms with E-state index in [2.05, 4.69) is 39.8 Å². The Morgan fingerprint density at radius 1 is 0.294 bits per heavy atom. The summed E-state index contributed by atoms with van der Waals surface area (Å²) in [7, 11) is 2.31. The molecule has 0 aromatic rings. The summed E-state index contributed by atoms with van der Waals surface area (Å²) in [5, 5.41) is 0. The molecular weight excluding hydrogens is 1330 g/mol. The minimum atomic E-state index is -4.62. The smallest absolute Gasteiger partial charge is 0.306 e. The van der Waals surface area contributed by atoms with Crippen LogP contribution in [-0.4, -0.2) is 140 Å². The number of esters is 4. The molecule has 0 saturated heterocycles. The fraction of sp³-hybridized carbons (Fsp3) is 0.902. The number of ether oxygens (including phenoxy) is 4. The van der Waals surface area contributed by atoms with Gasteiger partial charge in [0, 0.05) is 25.7 Å².